The molecule has 0 unspecified atom stereocenters. The monoisotopic (exact) mass is 448 g/mol. The number of hydrogen-bond acceptors (Lipinski definition) is 3. The van der Waals surface area contributed by atoms with Gasteiger partial charge in [0.2, 0.25) is 5.91 Å². The van der Waals surface area contributed by atoms with Crippen molar-refractivity contribution in [2.24, 2.45) is 0 Å². The van der Waals surface area contributed by atoms with Gasteiger partial charge in [0.05, 0.1) is 0 Å². The lowest BCUT2D eigenvalue weighted by Gasteiger charge is -2.45. The van der Waals surface area contributed by atoms with Crippen LogP contribution >= 0.6 is 24.0 Å². The first-order valence-electron chi connectivity index (χ1n) is 10.2. The Hall–Kier alpha value is -1.88. The van der Waals surface area contributed by atoms with Gasteiger partial charge >= 0.3 is 0 Å². The lowest BCUT2D eigenvalue weighted by Crippen LogP contribution is -2.48. The number of benzene rings is 2. The Labute approximate surface area is 190 Å². The molecule has 30 heavy (non-hydrogen) atoms. The summed E-state index contributed by atoms with van der Waals surface area (Å²) in [6.45, 7) is 0. The van der Waals surface area contributed by atoms with Crippen LogP contribution in [0.1, 0.15) is 54.4 Å². The topological polar surface area (TPSA) is 49.4 Å². The van der Waals surface area contributed by atoms with Crippen LogP contribution in [0.2, 0.25) is 5.02 Å². The highest BCUT2D eigenvalue weighted by Crippen LogP contribution is 2.41. The van der Waals surface area contributed by atoms with E-state index in [1.54, 1.807) is 24.3 Å². The molecule has 0 radical (unpaired) electrons. The molecule has 1 fully saturated rings. The number of carbonyl (C=O) groups excluding carboxylic acids is 2. The van der Waals surface area contributed by atoms with Crippen molar-refractivity contribution in [2.45, 2.75) is 50.1 Å². The minimum atomic E-state index is -0.0469. The SMILES string of the molecule is CN(C)C1(c2ccccc2)CCC(NC(=O)CCC(=O)c2ccc(Cl)cc2)CC1.Cl. The summed E-state index contributed by atoms with van der Waals surface area (Å²) >= 11 is 5.85. The molecule has 0 aromatic heterocycles. The first-order chi connectivity index (χ1) is 13.9. The predicted octanol–water partition coefficient (Wildman–Crippen LogP) is 5.24. The molecular formula is C24H30Cl2N2O2. The van der Waals surface area contributed by atoms with E-state index in [-0.39, 0.29) is 48.5 Å². The lowest BCUT2D eigenvalue weighted by atomic mass is 9.74. The molecular weight excluding hydrogens is 419 g/mol. The Kier molecular flexibility index (Phi) is 8.90. The molecule has 1 N–H and O–H groups in total. The number of ketones is 1. The van der Waals surface area contributed by atoms with Crippen molar-refractivity contribution in [1.82, 2.24) is 10.2 Å². The summed E-state index contributed by atoms with van der Waals surface area (Å²) in [4.78, 5) is 26.9. The number of hydrogen-bond donors (Lipinski definition) is 1. The summed E-state index contributed by atoms with van der Waals surface area (Å²) in [5, 5.41) is 3.73. The van der Waals surface area contributed by atoms with Gasteiger partial charge < -0.3 is 5.32 Å². The number of nitrogens with zero attached hydrogens (tertiary/aromatic N) is 1. The zero-order valence-electron chi connectivity index (χ0n) is 17.6. The molecule has 0 aliphatic heterocycles. The summed E-state index contributed by atoms with van der Waals surface area (Å²) in [6.07, 6.45) is 4.30. The van der Waals surface area contributed by atoms with Crippen LogP contribution in [0, 0.1) is 0 Å². The van der Waals surface area contributed by atoms with Crippen LogP contribution in [0.3, 0.4) is 0 Å². The first-order valence-corrected chi connectivity index (χ1v) is 10.6. The van der Waals surface area contributed by atoms with Crippen LogP contribution in [0.25, 0.3) is 0 Å². The second-order valence-electron chi connectivity index (χ2n) is 8.06. The van der Waals surface area contributed by atoms with Gasteiger partial charge in [-0.1, -0.05) is 41.9 Å². The lowest BCUT2D eigenvalue weighted by molar-refractivity contribution is -0.122. The molecule has 6 heteroatoms. The fourth-order valence-corrected chi connectivity index (χ4v) is 4.42. The maximum atomic E-state index is 12.4. The van der Waals surface area contributed by atoms with Gasteiger partial charge in [-0.05, 0) is 69.6 Å². The molecule has 1 aliphatic rings. The summed E-state index contributed by atoms with van der Waals surface area (Å²) in [6, 6.07) is 17.6. The molecule has 4 nitrogen and oxygen atoms in total. The highest BCUT2D eigenvalue weighted by molar-refractivity contribution is 6.30. The van der Waals surface area contributed by atoms with Crippen LogP contribution < -0.4 is 5.32 Å². The summed E-state index contributed by atoms with van der Waals surface area (Å²) in [5.74, 6) is -0.0782. The third-order valence-corrected chi connectivity index (χ3v) is 6.34. The molecule has 1 saturated carbocycles. The largest absolute Gasteiger partial charge is 0.353 e. The van der Waals surface area contributed by atoms with Gasteiger partial charge in [0.1, 0.15) is 0 Å². The van der Waals surface area contributed by atoms with E-state index in [1.807, 2.05) is 6.07 Å². The normalized spacial score (nSPS) is 21.0. The minimum Gasteiger partial charge on any atom is -0.353 e. The average molecular weight is 449 g/mol. The fraction of sp³-hybridized carbons (Fsp3) is 0.417. The van der Waals surface area contributed by atoms with Crippen molar-refractivity contribution in [1.29, 1.82) is 0 Å². The van der Waals surface area contributed by atoms with Crippen LogP contribution in [-0.4, -0.2) is 36.7 Å². The zero-order valence-corrected chi connectivity index (χ0v) is 19.1. The van der Waals surface area contributed by atoms with Crippen molar-refractivity contribution < 1.29 is 9.59 Å². The predicted molar refractivity (Wildman–Crippen MR) is 124 cm³/mol. The van der Waals surface area contributed by atoms with E-state index in [0.29, 0.717) is 10.6 Å². The summed E-state index contributed by atoms with van der Waals surface area (Å²) < 4.78 is 0. The van der Waals surface area contributed by atoms with Gasteiger partial charge in [0, 0.05) is 35.0 Å². The maximum absolute atomic E-state index is 12.4. The first kappa shape index (κ1) is 24.4. The number of halogens is 2. The molecule has 0 heterocycles. The third-order valence-electron chi connectivity index (χ3n) is 6.09. The highest BCUT2D eigenvalue weighted by Gasteiger charge is 2.38. The molecule has 3 rings (SSSR count). The molecule has 0 spiro atoms. The zero-order chi connectivity index (χ0) is 20.9. The second-order valence-corrected chi connectivity index (χ2v) is 8.50. The number of Topliss-reactive ketones (excluding diaryl/α,β-unsaturated/α-hetero) is 1. The molecule has 162 valence electrons. The van der Waals surface area contributed by atoms with Crippen LogP contribution in [0.4, 0.5) is 0 Å². The Morgan fingerprint density at radius 3 is 2.17 bits per heavy atom. The average Bonchev–Trinajstić information content (AvgIpc) is 2.73. The van der Waals surface area contributed by atoms with E-state index in [4.69, 9.17) is 11.6 Å². The van der Waals surface area contributed by atoms with Crippen molar-refractivity contribution in [3.63, 3.8) is 0 Å². The van der Waals surface area contributed by atoms with Crippen molar-refractivity contribution >= 4 is 35.7 Å². The highest BCUT2D eigenvalue weighted by atomic mass is 35.5. The standard InChI is InChI=1S/C24H29ClN2O2.ClH/c1-27(2)24(19-6-4-3-5-7-19)16-14-21(15-17-24)26-23(29)13-12-22(28)18-8-10-20(25)11-9-18;/h3-11,21H,12-17H2,1-2H3,(H,26,29);1H. The quantitative estimate of drug-likeness (QED) is 0.588. The number of nitrogens with one attached hydrogen (secondary N) is 1. The van der Waals surface area contributed by atoms with E-state index in [0.717, 1.165) is 25.7 Å². The molecule has 1 amide bonds. The molecule has 0 bridgehead atoms. The second kappa shape index (κ2) is 10.9. The van der Waals surface area contributed by atoms with E-state index >= 15 is 0 Å². The Bertz CT molecular complexity index is 830. The third kappa shape index (κ3) is 5.84. The maximum Gasteiger partial charge on any atom is 0.220 e. The van der Waals surface area contributed by atoms with Crippen LogP contribution in [0.5, 0.6) is 0 Å². The Balaban J connectivity index is 0.00000320. The van der Waals surface area contributed by atoms with Gasteiger partial charge in [0.25, 0.3) is 0 Å². The Morgan fingerprint density at radius 2 is 1.60 bits per heavy atom. The van der Waals surface area contributed by atoms with Crippen molar-refractivity contribution in [3.8, 4) is 0 Å². The van der Waals surface area contributed by atoms with Crippen molar-refractivity contribution in [2.75, 3.05) is 14.1 Å². The van der Waals surface area contributed by atoms with Gasteiger partial charge in [0.15, 0.2) is 5.78 Å². The van der Waals surface area contributed by atoms with Gasteiger partial charge in [-0.3, -0.25) is 14.5 Å². The fourth-order valence-electron chi connectivity index (χ4n) is 4.29. The molecule has 2 aromatic rings. The smallest absolute Gasteiger partial charge is 0.220 e. The van der Waals surface area contributed by atoms with Crippen LogP contribution in [-0.2, 0) is 10.3 Å². The minimum absolute atomic E-state index is 0. The van der Waals surface area contributed by atoms with Gasteiger partial charge in [-0.25, -0.2) is 0 Å². The number of rotatable bonds is 7. The molecule has 1 aliphatic carbocycles. The van der Waals surface area contributed by atoms with E-state index < -0.39 is 0 Å². The van der Waals surface area contributed by atoms with Crippen LogP contribution in [0.15, 0.2) is 54.6 Å². The molecule has 0 atom stereocenters. The Morgan fingerprint density at radius 1 is 1.00 bits per heavy atom. The number of carbonyl (C=O) groups is 2. The van der Waals surface area contributed by atoms with E-state index in [1.165, 1.54) is 5.56 Å². The van der Waals surface area contributed by atoms with E-state index in [9.17, 15) is 9.59 Å². The van der Waals surface area contributed by atoms with Crippen molar-refractivity contribution in [3.05, 3.63) is 70.7 Å². The van der Waals surface area contributed by atoms with E-state index in [2.05, 4.69) is 48.6 Å². The number of amides is 1. The van der Waals surface area contributed by atoms with Gasteiger partial charge in [-0.15, -0.1) is 12.4 Å². The summed E-state index contributed by atoms with van der Waals surface area (Å²) in [7, 11) is 4.27. The molecule has 2 aromatic carbocycles. The summed E-state index contributed by atoms with van der Waals surface area (Å²) in [5.41, 5.74) is 1.95. The molecule has 0 saturated heterocycles. The van der Waals surface area contributed by atoms with Gasteiger partial charge in [-0.2, -0.15) is 0 Å².